The van der Waals surface area contributed by atoms with Gasteiger partial charge in [0, 0.05) is 17.8 Å². The highest BCUT2D eigenvalue weighted by Gasteiger charge is 2.13. The Morgan fingerprint density at radius 2 is 1.44 bits per heavy atom. The highest BCUT2D eigenvalue weighted by molar-refractivity contribution is 7.25. The third-order valence-electron chi connectivity index (χ3n) is 2.76. The van der Waals surface area contributed by atoms with Gasteiger partial charge in [-0.25, -0.2) is 0 Å². The minimum absolute atomic E-state index is 1.02. The van der Waals surface area contributed by atoms with Crippen molar-refractivity contribution in [2.45, 2.75) is 0 Å². The molecule has 4 aromatic rings. The standard InChI is InChI=1S/C11H7N3S2/c1-14-12-8-6-2-4-15-10(6)11-7(3-5-16-11)9(8)13-14/h2-5H,1H3. The van der Waals surface area contributed by atoms with Gasteiger partial charge in [-0.3, -0.25) is 0 Å². The van der Waals surface area contributed by atoms with Crippen molar-refractivity contribution in [3.05, 3.63) is 22.9 Å². The van der Waals surface area contributed by atoms with E-state index in [1.165, 1.54) is 20.2 Å². The summed E-state index contributed by atoms with van der Waals surface area (Å²) >= 11 is 3.56. The first-order valence-corrected chi connectivity index (χ1v) is 6.68. The van der Waals surface area contributed by atoms with Crippen LogP contribution < -0.4 is 0 Å². The van der Waals surface area contributed by atoms with Gasteiger partial charge in [0.15, 0.2) is 0 Å². The molecule has 0 saturated carbocycles. The van der Waals surface area contributed by atoms with Crippen LogP contribution in [0.4, 0.5) is 0 Å². The number of nitrogens with zero attached hydrogens (tertiary/aromatic N) is 3. The van der Waals surface area contributed by atoms with Gasteiger partial charge >= 0.3 is 0 Å². The first-order chi connectivity index (χ1) is 7.84. The fraction of sp³-hybridized carbons (Fsp3) is 0.0909. The summed E-state index contributed by atoms with van der Waals surface area (Å²) in [7, 11) is 1.87. The van der Waals surface area contributed by atoms with Crippen LogP contribution in [-0.2, 0) is 7.05 Å². The smallest absolute Gasteiger partial charge is 0.122 e. The molecule has 3 aromatic heterocycles. The van der Waals surface area contributed by atoms with Crippen LogP contribution >= 0.6 is 22.7 Å². The van der Waals surface area contributed by atoms with Gasteiger partial charge < -0.3 is 0 Å². The van der Waals surface area contributed by atoms with Crippen LogP contribution in [0.25, 0.3) is 31.2 Å². The minimum atomic E-state index is 1.02. The van der Waals surface area contributed by atoms with Gasteiger partial charge in [0.25, 0.3) is 0 Å². The molecule has 0 spiro atoms. The Bertz CT molecular complexity index is 754. The Balaban J connectivity index is 2.50. The van der Waals surface area contributed by atoms with Crippen LogP contribution in [0.15, 0.2) is 22.9 Å². The molecule has 0 bridgehead atoms. The van der Waals surface area contributed by atoms with Gasteiger partial charge in [0.2, 0.25) is 0 Å². The third kappa shape index (κ3) is 0.923. The maximum absolute atomic E-state index is 4.46. The van der Waals surface area contributed by atoms with Crippen molar-refractivity contribution in [1.82, 2.24) is 15.0 Å². The molecule has 0 aliphatic heterocycles. The Morgan fingerprint density at radius 1 is 0.938 bits per heavy atom. The van der Waals surface area contributed by atoms with Gasteiger partial charge in [-0.15, -0.1) is 22.7 Å². The first kappa shape index (κ1) is 8.66. The van der Waals surface area contributed by atoms with Crippen molar-refractivity contribution >= 4 is 53.9 Å². The summed E-state index contributed by atoms with van der Waals surface area (Å²) in [5.74, 6) is 0. The Kier molecular flexibility index (Phi) is 1.52. The molecule has 0 aliphatic rings. The summed E-state index contributed by atoms with van der Waals surface area (Å²) in [4.78, 5) is 1.65. The predicted octanol–water partition coefficient (Wildman–Crippen LogP) is 3.40. The van der Waals surface area contributed by atoms with E-state index in [9.17, 15) is 0 Å². The molecule has 0 radical (unpaired) electrons. The van der Waals surface area contributed by atoms with Gasteiger partial charge in [-0.1, -0.05) is 0 Å². The van der Waals surface area contributed by atoms with E-state index < -0.39 is 0 Å². The average Bonchev–Trinajstić information content (AvgIpc) is 2.91. The van der Waals surface area contributed by atoms with Crippen LogP contribution in [0.2, 0.25) is 0 Å². The second kappa shape index (κ2) is 2.81. The van der Waals surface area contributed by atoms with Crippen LogP contribution in [0, 0.1) is 0 Å². The molecule has 5 heteroatoms. The number of hydrogen-bond donors (Lipinski definition) is 0. The van der Waals surface area contributed by atoms with Crippen LogP contribution in [-0.4, -0.2) is 15.0 Å². The molecule has 3 nitrogen and oxygen atoms in total. The number of rotatable bonds is 0. The zero-order valence-corrected chi connectivity index (χ0v) is 10.1. The molecule has 0 fully saturated rings. The van der Waals surface area contributed by atoms with Crippen molar-refractivity contribution in [2.75, 3.05) is 0 Å². The summed E-state index contributed by atoms with van der Waals surface area (Å²) < 4.78 is 2.66. The lowest BCUT2D eigenvalue weighted by atomic mass is 10.2. The SMILES string of the molecule is Cn1nc2c3ccsc3c3sccc3c2n1. The summed E-state index contributed by atoms with van der Waals surface area (Å²) in [6, 6.07) is 4.27. The molecule has 1 aromatic carbocycles. The van der Waals surface area contributed by atoms with E-state index in [1.54, 1.807) is 27.5 Å². The monoisotopic (exact) mass is 245 g/mol. The molecule has 78 valence electrons. The second-order valence-electron chi connectivity index (χ2n) is 3.71. The van der Waals surface area contributed by atoms with E-state index in [4.69, 9.17) is 0 Å². The highest BCUT2D eigenvalue weighted by atomic mass is 32.1. The van der Waals surface area contributed by atoms with Gasteiger partial charge in [-0.2, -0.15) is 15.0 Å². The van der Waals surface area contributed by atoms with E-state index in [2.05, 4.69) is 33.1 Å². The number of benzene rings is 1. The number of thiophene rings is 2. The van der Waals surface area contributed by atoms with Crippen LogP contribution in [0.3, 0.4) is 0 Å². The molecule has 0 N–H and O–H groups in total. The lowest BCUT2D eigenvalue weighted by Crippen LogP contribution is -1.90. The Labute approximate surface area is 98.9 Å². The fourth-order valence-corrected chi connectivity index (χ4v) is 4.10. The van der Waals surface area contributed by atoms with Crippen molar-refractivity contribution in [1.29, 1.82) is 0 Å². The lowest BCUT2D eigenvalue weighted by Gasteiger charge is -1.93. The Hall–Kier alpha value is -1.46. The molecule has 16 heavy (non-hydrogen) atoms. The quantitative estimate of drug-likeness (QED) is 0.475. The molecule has 0 amide bonds. The summed E-state index contributed by atoms with van der Waals surface area (Å²) in [5.41, 5.74) is 2.04. The van der Waals surface area contributed by atoms with Crippen molar-refractivity contribution in [2.24, 2.45) is 7.05 Å². The van der Waals surface area contributed by atoms with Gasteiger partial charge in [0.05, 0.1) is 9.40 Å². The summed E-state index contributed by atoms with van der Waals surface area (Å²) in [6.07, 6.45) is 0. The van der Waals surface area contributed by atoms with E-state index >= 15 is 0 Å². The fourth-order valence-electron chi connectivity index (χ4n) is 2.11. The highest BCUT2D eigenvalue weighted by Crippen LogP contribution is 2.38. The first-order valence-electron chi connectivity index (χ1n) is 4.92. The molecule has 4 rings (SSSR count). The zero-order valence-electron chi connectivity index (χ0n) is 8.47. The third-order valence-corrected chi connectivity index (χ3v) is 4.75. The van der Waals surface area contributed by atoms with E-state index in [0.717, 1.165) is 11.0 Å². The lowest BCUT2D eigenvalue weighted by molar-refractivity contribution is 0.666. The van der Waals surface area contributed by atoms with Crippen LogP contribution in [0.1, 0.15) is 0 Å². The van der Waals surface area contributed by atoms with Gasteiger partial charge in [0.1, 0.15) is 11.0 Å². The number of fused-ring (bicyclic) bond motifs is 6. The molecule has 0 unspecified atom stereocenters. The van der Waals surface area contributed by atoms with E-state index in [-0.39, 0.29) is 0 Å². The minimum Gasteiger partial charge on any atom is -0.187 e. The predicted molar refractivity (Wildman–Crippen MR) is 69.3 cm³/mol. The zero-order chi connectivity index (χ0) is 10.7. The van der Waals surface area contributed by atoms with Crippen LogP contribution in [0.5, 0.6) is 0 Å². The summed E-state index contributed by atoms with van der Waals surface area (Å²) in [6.45, 7) is 0. The number of aromatic nitrogens is 3. The summed E-state index contributed by atoms with van der Waals surface area (Å²) in [5, 5.41) is 15.6. The van der Waals surface area contributed by atoms with E-state index in [0.29, 0.717) is 0 Å². The Morgan fingerprint density at radius 3 is 1.94 bits per heavy atom. The molecular weight excluding hydrogens is 238 g/mol. The maximum atomic E-state index is 4.46. The largest absolute Gasteiger partial charge is 0.187 e. The molecule has 0 atom stereocenters. The van der Waals surface area contributed by atoms with Crippen molar-refractivity contribution in [3.8, 4) is 0 Å². The van der Waals surface area contributed by atoms with E-state index in [1.807, 2.05) is 7.05 Å². The van der Waals surface area contributed by atoms with Crippen molar-refractivity contribution < 1.29 is 0 Å². The topological polar surface area (TPSA) is 30.7 Å². The average molecular weight is 245 g/mol. The molecule has 3 heterocycles. The molecule has 0 aliphatic carbocycles. The maximum Gasteiger partial charge on any atom is 0.122 e. The number of hydrogen-bond acceptors (Lipinski definition) is 4. The number of aryl methyl sites for hydroxylation is 1. The van der Waals surface area contributed by atoms with Crippen molar-refractivity contribution in [3.63, 3.8) is 0 Å². The molecular formula is C11H7N3S2. The molecule has 0 saturated heterocycles. The van der Waals surface area contributed by atoms with Gasteiger partial charge in [-0.05, 0) is 22.9 Å². The second-order valence-corrected chi connectivity index (χ2v) is 5.55. The normalized spacial score (nSPS) is 12.1.